The van der Waals surface area contributed by atoms with Crippen LogP contribution in [0.2, 0.25) is 0 Å². The molecule has 1 aliphatic heterocycles. The molecule has 1 fully saturated rings. The van der Waals surface area contributed by atoms with Crippen molar-refractivity contribution in [1.82, 2.24) is 5.32 Å². The predicted octanol–water partition coefficient (Wildman–Crippen LogP) is 3.74. The molecule has 2 amide bonds. The van der Waals surface area contributed by atoms with Gasteiger partial charge in [0.05, 0.1) is 0 Å². The molecular formula is C24H29BN3O3S. The number of anilines is 2. The molecule has 6 nitrogen and oxygen atoms in total. The summed E-state index contributed by atoms with van der Waals surface area (Å²) in [5, 5.41) is 3.20. The van der Waals surface area contributed by atoms with Crippen molar-refractivity contribution in [3.05, 3.63) is 42.5 Å². The van der Waals surface area contributed by atoms with Crippen LogP contribution in [0.4, 0.5) is 16.2 Å². The predicted molar refractivity (Wildman–Crippen MR) is 131 cm³/mol. The van der Waals surface area contributed by atoms with Crippen LogP contribution in [0.5, 0.6) is 0 Å². The van der Waals surface area contributed by atoms with Crippen molar-refractivity contribution < 1.29 is 13.2 Å². The van der Waals surface area contributed by atoms with E-state index in [-0.39, 0.29) is 23.0 Å². The summed E-state index contributed by atoms with van der Waals surface area (Å²) < 4.78 is 23.6. The number of urea groups is 1. The maximum atomic E-state index is 13.2. The van der Waals surface area contributed by atoms with Crippen molar-refractivity contribution in [3.63, 3.8) is 0 Å². The summed E-state index contributed by atoms with van der Waals surface area (Å²) in [7, 11) is 2.94. The zero-order chi connectivity index (χ0) is 23.0. The third kappa shape index (κ3) is 4.46. The van der Waals surface area contributed by atoms with Crippen LogP contribution < -0.4 is 15.1 Å². The van der Waals surface area contributed by atoms with Crippen molar-refractivity contribution in [2.24, 2.45) is 0 Å². The second-order valence-corrected chi connectivity index (χ2v) is 10.9. The summed E-state index contributed by atoms with van der Waals surface area (Å²) in [6.45, 7) is 4.45. The molecule has 1 aliphatic carbocycles. The number of hydrogen-bond acceptors (Lipinski definition) is 4. The molecule has 0 aromatic heterocycles. The first-order valence-corrected chi connectivity index (χ1v) is 12.9. The summed E-state index contributed by atoms with van der Waals surface area (Å²) in [5.41, 5.74) is 4.16. The molecule has 1 radical (unpaired) electrons. The van der Waals surface area contributed by atoms with Crippen LogP contribution in [-0.4, -0.2) is 52.4 Å². The van der Waals surface area contributed by atoms with Crippen LogP contribution >= 0.6 is 0 Å². The van der Waals surface area contributed by atoms with Gasteiger partial charge < -0.3 is 0 Å². The monoisotopic (exact) mass is 450 g/mol. The van der Waals surface area contributed by atoms with E-state index in [2.05, 4.69) is 17.1 Å². The van der Waals surface area contributed by atoms with Crippen LogP contribution in [0.1, 0.15) is 39.5 Å². The molecule has 32 heavy (non-hydrogen) atoms. The van der Waals surface area contributed by atoms with Crippen molar-refractivity contribution in [2.45, 2.75) is 56.5 Å². The molecule has 0 spiro atoms. The average Bonchev–Trinajstić information content (AvgIpc) is 3.25. The molecule has 1 N–H and O–H groups in total. The molecular weight excluding hydrogens is 421 g/mol. The van der Waals surface area contributed by atoms with Gasteiger partial charge in [-0.05, 0) is 0 Å². The Morgan fingerprint density at radius 2 is 1.66 bits per heavy atom. The topological polar surface area (TPSA) is 69.7 Å². The minimum absolute atomic E-state index is 0.0433. The van der Waals surface area contributed by atoms with Gasteiger partial charge in [-0.3, -0.25) is 0 Å². The van der Waals surface area contributed by atoms with Gasteiger partial charge in [-0.15, -0.1) is 0 Å². The first-order valence-electron chi connectivity index (χ1n) is 11.1. The number of fused-ring (bicyclic) bond motifs is 1. The average molecular weight is 450 g/mol. The fraction of sp³-hybridized carbons (Fsp3) is 0.417. The molecule has 167 valence electrons. The molecule has 1 unspecified atom stereocenters. The van der Waals surface area contributed by atoms with Crippen molar-refractivity contribution in [1.29, 1.82) is 0 Å². The Bertz CT molecular complexity index is 1140. The summed E-state index contributed by atoms with van der Waals surface area (Å²) >= 11 is 0. The Morgan fingerprint density at radius 1 is 1.03 bits per heavy atom. The second-order valence-electron chi connectivity index (χ2n) is 8.90. The first-order chi connectivity index (χ1) is 15.1. The molecule has 0 saturated heterocycles. The summed E-state index contributed by atoms with van der Waals surface area (Å²) in [4.78, 5) is 17.4. The molecule has 2 aromatic rings. The number of carbonyl (C=O) groups is 1. The summed E-state index contributed by atoms with van der Waals surface area (Å²) in [6, 6.07) is 13.0. The fourth-order valence-corrected chi connectivity index (χ4v) is 5.38. The fourth-order valence-electron chi connectivity index (χ4n) is 4.75. The van der Waals surface area contributed by atoms with Crippen LogP contribution in [0.3, 0.4) is 0 Å². The Balaban J connectivity index is 1.72. The van der Waals surface area contributed by atoms with Crippen molar-refractivity contribution in [2.75, 3.05) is 22.6 Å². The maximum absolute atomic E-state index is 13.2. The van der Waals surface area contributed by atoms with E-state index in [1.165, 1.54) is 6.26 Å². The minimum atomic E-state index is -3.26. The molecule has 0 bridgehead atoms. The molecule has 1 heterocycles. The zero-order valence-electron chi connectivity index (χ0n) is 18.8. The van der Waals surface area contributed by atoms with E-state index in [0.717, 1.165) is 48.2 Å². The van der Waals surface area contributed by atoms with Crippen LogP contribution in [0.25, 0.3) is 11.1 Å². The number of rotatable bonds is 4. The summed E-state index contributed by atoms with van der Waals surface area (Å²) in [6.07, 6.45) is 5.55. The number of nitrogens with zero attached hydrogens (tertiary/aromatic N) is 2. The molecule has 2 aliphatic rings. The van der Waals surface area contributed by atoms with Crippen LogP contribution in [-0.2, 0) is 9.84 Å². The van der Waals surface area contributed by atoms with Gasteiger partial charge in [0.2, 0.25) is 0 Å². The Morgan fingerprint density at radius 3 is 2.25 bits per heavy atom. The van der Waals surface area contributed by atoms with Gasteiger partial charge >= 0.3 is 192 Å². The third-order valence-corrected chi connectivity index (χ3v) is 7.47. The van der Waals surface area contributed by atoms with Gasteiger partial charge in [0.25, 0.3) is 0 Å². The molecule has 2 aromatic carbocycles. The van der Waals surface area contributed by atoms with Gasteiger partial charge in [-0.1, -0.05) is 0 Å². The number of sulfone groups is 1. The quantitative estimate of drug-likeness (QED) is 0.721. The van der Waals surface area contributed by atoms with Gasteiger partial charge in [-0.2, -0.15) is 0 Å². The van der Waals surface area contributed by atoms with E-state index in [9.17, 15) is 13.2 Å². The third-order valence-electron chi connectivity index (χ3n) is 6.34. The Kier molecular flexibility index (Phi) is 6.16. The van der Waals surface area contributed by atoms with E-state index < -0.39 is 9.84 Å². The van der Waals surface area contributed by atoms with E-state index in [4.69, 9.17) is 7.49 Å². The van der Waals surface area contributed by atoms with E-state index in [1.807, 2.05) is 30.0 Å². The number of benzene rings is 2. The standard InChI is InChI=1S/C24H29BN3O3S/c1-16-15-27(24(29)26-20-6-4-5-7-20)23-14-19(10-13-22(23)28(16)17(2)25)18-8-11-21(12-9-18)32(3,30)31/h8-14,16,20H,4-7,15H2,1-3H3,(H,26,29). The number of hydrogen-bond donors (Lipinski definition) is 1. The van der Waals surface area contributed by atoms with Gasteiger partial charge in [0, 0.05) is 0 Å². The molecule has 1 atom stereocenters. The number of carbonyl (C=O) groups excluding carboxylic acids is 1. The van der Waals surface area contributed by atoms with E-state index in [0.29, 0.717) is 12.1 Å². The van der Waals surface area contributed by atoms with Crippen molar-refractivity contribution in [3.8, 4) is 11.1 Å². The number of nitrogens with one attached hydrogen (secondary N) is 1. The molecule has 4 rings (SSSR count). The van der Waals surface area contributed by atoms with E-state index >= 15 is 0 Å². The van der Waals surface area contributed by atoms with Crippen molar-refractivity contribution >= 4 is 40.3 Å². The van der Waals surface area contributed by atoms with Gasteiger partial charge in [0.1, 0.15) is 0 Å². The first kappa shape index (κ1) is 22.6. The molecule has 8 heteroatoms. The molecule has 1 saturated carbocycles. The summed E-state index contributed by atoms with van der Waals surface area (Å²) in [5.74, 6) is 0. The normalized spacial score (nSPS) is 19.0. The Labute approximate surface area is 191 Å². The second kappa shape index (κ2) is 8.73. The zero-order valence-corrected chi connectivity index (χ0v) is 19.7. The van der Waals surface area contributed by atoms with Gasteiger partial charge in [0.15, 0.2) is 0 Å². The van der Waals surface area contributed by atoms with Gasteiger partial charge in [-0.25, -0.2) is 0 Å². The van der Waals surface area contributed by atoms with Crippen LogP contribution in [0.15, 0.2) is 47.4 Å². The number of amides is 2. The van der Waals surface area contributed by atoms with Crippen LogP contribution in [0, 0.1) is 0 Å². The SMILES string of the molecule is [B]=C(C)N1c2ccc(-c3ccc(S(C)(=O)=O)cc3)cc2N(C(=O)NC2CCCC2)CC1C. The Hall–Kier alpha value is -2.61. The van der Waals surface area contributed by atoms with E-state index in [1.54, 1.807) is 24.3 Å².